The van der Waals surface area contributed by atoms with E-state index >= 15 is 0 Å². The first-order chi connectivity index (χ1) is 6.06. The molecule has 0 aliphatic rings. The molecule has 6 heteroatoms. The van der Waals surface area contributed by atoms with Gasteiger partial charge in [-0.05, 0) is 37.9 Å². The Balaban J connectivity index is 2.89. The van der Waals surface area contributed by atoms with Crippen LogP contribution in [0.2, 0.25) is 0 Å². The second-order valence-electron chi connectivity index (χ2n) is 2.27. The standard InChI is InChI=1S/C7H7Br2NO2S/c1-12-7(11)5(10)4-2-3(8)6(9)13-4/h2,5H,10H2,1H3/t5-/m0/s1. The summed E-state index contributed by atoms with van der Waals surface area (Å²) in [6.45, 7) is 0. The Labute approximate surface area is 96.5 Å². The van der Waals surface area contributed by atoms with E-state index < -0.39 is 12.0 Å². The number of halogens is 2. The second-order valence-corrected chi connectivity index (χ2v) is 5.53. The highest BCUT2D eigenvalue weighted by molar-refractivity contribution is 9.13. The van der Waals surface area contributed by atoms with Crippen LogP contribution in [0.1, 0.15) is 10.9 Å². The summed E-state index contributed by atoms with van der Waals surface area (Å²) in [5.74, 6) is -0.429. The Kier molecular flexibility index (Phi) is 3.90. The Bertz CT molecular complexity index is 307. The van der Waals surface area contributed by atoms with E-state index in [0.717, 1.165) is 13.1 Å². The maximum atomic E-state index is 11.1. The van der Waals surface area contributed by atoms with Gasteiger partial charge in [0.1, 0.15) is 6.04 Å². The van der Waals surface area contributed by atoms with E-state index in [0.29, 0.717) is 0 Å². The number of methoxy groups -OCH3 is 1. The van der Waals surface area contributed by atoms with E-state index in [9.17, 15) is 4.79 Å². The van der Waals surface area contributed by atoms with Crippen molar-refractivity contribution >= 4 is 49.2 Å². The molecule has 0 aliphatic heterocycles. The van der Waals surface area contributed by atoms with Gasteiger partial charge < -0.3 is 10.5 Å². The van der Waals surface area contributed by atoms with Crippen LogP contribution in [0.4, 0.5) is 0 Å². The fraction of sp³-hybridized carbons (Fsp3) is 0.286. The molecule has 0 spiro atoms. The molecule has 0 unspecified atom stereocenters. The third kappa shape index (κ3) is 2.52. The minimum Gasteiger partial charge on any atom is -0.468 e. The summed E-state index contributed by atoms with van der Waals surface area (Å²) in [5.41, 5.74) is 5.63. The first-order valence-corrected chi connectivity index (χ1v) is 5.74. The van der Waals surface area contributed by atoms with Gasteiger partial charge in [0.15, 0.2) is 0 Å². The maximum absolute atomic E-state index is 11.1. The molecule has 0 amide bonds. The highest BCUT2D eigenvalue weighted by Crippen LogP contribution is 2.34. The largest absolute Gasteiger partial charge is 0.468 e. The van der Waals surface area contributed by atoms with Crippen molar-refractivity contribution in [2.75, 3.05) is 7.11 Å². The van der Waals surface area contributed by atoms with Crippen molar-refractivity contribution in [2.45, 2.75) is 6.04 Å². The van der Waals surface area contributed by atoms with Crippen molar-refractivity contribution in [1.29, 1.82) is 0 Å². The lowest BCUT2D eigenvalue weighted by Crippen LogP contribution is -2.21. The number of ether oxygens (including phenoxy) is 1. The number of hydrogen-bond acceptors (Lipinski definition) is 4. The number of esters is 1. The molecule has 13 heavy (non-hydrogen) atoms. The highest BCUT2D eigenvalue weighted by atomic mass is 79.9. The van der Waals surface area contributed by atoms with Crippen molar-refractivity contribution in [3.8, 4) is 0 Å². The molecule has 1 heterocycles. The van der Waals surface area contributed by atoms with E-state index in [1.54, 1.807) is 6.07 Å². The molecule has 3 nitrogen and oxygen atoms in total. The smallest absolute Gasteiger partial charge is 0.328 e. The molecule has 1 atom stereocenters. The monoisotopic (exact) mass is 327 g/mol. The molecule has 0 aromatic carbocycles. The van der Waals surface area contributed by atoms with Gasteiger partial charge in [-0.3, -0.25) is 0 Å². The molecule has 0 fully saturated rings. The summed E-state index contributed by atoms with van der Waals surface area (Å²) < 4.78 is 6.34. The lowest BCUT2D eigenvalue weighted by molar-refractivity contribution is -0.142. The molecule has 0 saturated carbocycles. The van der Waals surface area contributed by atoms with Crippen molar-refractivity contribution in [1.82, 2.24) is 0 Å². The van der Waals surface area contributed by atoms with E-state index in [-0.39, 0.29) is 0 Å². The number of rotatable bonds is 2. The first-order valence-electron chi connectivity index (χ1n) is 3.34. The molecule has 0 bridgehead atoms. The minimum atomic E-state index is -0.697. The molecule has 2 N–H and O–H groups in total. The highest BCUT2D eigenvalue weighted by Gasteiger charge is 2.19. The lowest BCUT2D eigenvalue weighted by Gasteiger charge is -2.05. The van der Waals surface area contributed by atoms with Crippen molar-refractivity contribution in [3.05, 3.63) is 19.2 Å². The predicted molar refractivity (Wildman–Crippen MR) is 58.7 cm³/mol. The van der Waals surface area contributed by atoms with Gasteiger partial charge in [-0.2, -0.15) is 0 Å². The molecular formula is C7H7Br2NO2S. The summed E-state index contributed by atoms with van der Waals surface area (Å²) in [5, 5.41) is 0. The second kappa shape index (κ2) is 4.54. The topological polar surface area (TPSA) is 52.3 Å². The van der Waals surface area contributed by atoms with Crippen molar-refractivity contribution < 1.29 is 9.53 Å². The first kappa shape index (κ1) is 11.2. The Morgan fingerprint density at radius 1 is 1.69 bits per heavy atom. The number of carbonyl (C=O) groups is 1. The SMILES string of the molecule is COC(=O)[C@@H](N)c1cc(Br)c(Br)s1. The summed E-state index contributed by atoms with van der Waals surface area (Å²) in [6, 6.07) is 1.11. The summed E-state index contributed by atoms with van der Waals surface area (Å²) in [4.78, 5) is 11.8. The Hall–Kier alpha value is 0.0900. The van der Waals surface area contributed by atoms with Gasteiger partial charge in [-0.15, -0.1) is 11.3 Å². The lowest BCUT2D eigenvalue weighted by atomic mass is 10.2. The Morgan fingerprint density at radius 2 is 2.31 bits per heavy atom. The number of carbonyl (C=O) groups excluding carboxylic acids is 1. The maximum Gasteiger partial charge on any atom is 0.328 e. The predicted octanol–water partition coefficient (Wildman–Crippen LogP) is 2.45. The fourth-order valence-corrected chi connectivity index (χ4v) is 2.84. The minimum absolute atomic E-state index is 0.429. The van der Waals surface area contributed by atoms with E-state index in [1.807, 2.05) is 0 Å². The van der Waals surface area contributed by atoms with Gasteiger partial charge in [-0.25, -0.2) is 4.79 Å². The fourth-order valence-electron chi connectivity index (χ4n) is 0.760. The normalized spacial score (nSPS) is 12.6. The number of hydrogen-bond donors (Lipinski definition) is 1. The van der Waals surface area contributed by atoms with Crippen molar-refractivity contribution in [2.24, 2.45) is 5.73 Å². The zero-order valence-corrected chi connectivity index (χ0v) is 10.7. The van der Waals surface area contributed by atoms with Crippen LogP contribution in [0, 0.1) is 0 Å². The van der Waals surface area contributed by atoms with E-state index in [4.69, 9.17) is 5.73 Å². The zero-order chi connectivity index (χ0) is 10.0. The van der Waals surface area contributed by atoms with Crippen LogP contribution in [-0.2, 0) is 9.53 Å². The molecular weight excluding hydrogens is 322 g/mol. The molecule has 1 aromatic rings. The van der Waals surface area contributed by atoms with Crippen LogP contribution in [0.15, 0.2) is 14.3 Å². The summed E-state index contributed by atoms with van der Waals surface area (Å²) >= 11 is 8.04. The number of nitrogens with two attached hydrogens (primary N) is 1. The van der Waals surface area contributed by atoms with Crippen LogP contribution in [0.5, 0.6) is 0 Å². The average molecular weight is 329 g/mol. The molecule has 0 saturated heterocycles. The van der Waals surface area contributed by atoms with Crippen LogP contribution in [-0.4, -0.2) is 13.1 Å². The van der Waals surface area contributed by atoms with Gasteiger partial charge in [0.05, 0.1) is 10.9 Å². The third-order valence-corrected chi connectivity index (χ3v) is 4.77. The van der Waals surface area contributed by atoms with Gasteiger partial charge in [0, 0.05) is 9.35 Å². The van der Waals surface area contributed by atoms with Crippen LogP contribution in [0.3, 0.4) is 0 Å². The quantitative estimate of drug-likeness (QED) is 0.848. The zero-order valence-electron chi connectivity index (χ0n) is 6.71. The average Bonchev–Trinajstić information content (AvgIpc) is 2.44. The molecule has 1 rings (SSSR count). The molecule has 0 radical (unpaired) electrons. The Morgan fingerprint density at radius 3 is 2.69 bits per heavy atom. The summed E-state index contributed by atoms with van der Waals surface area (Å²) in [7, 11) is 1.32. The van der Waals surface area contributed by atoms with Gasteiger partial charge in [0.25, 0.3) is 0 Å². The van der Waals surface area contributed by atoms with Crippen LogP contribution < -0.4 is 5.73 Å². The van der Waals surface area contributed by atoms with Gasteiger partial charge in [-0.1, -0.05) is 0 Å². The third-order valence-electron chi connectivity index (χ3n) is 1.43. The molecule has 0 aliphatic carbocycles. The van der Waals surface area contributed by atoms with E-state index in [2.05, 4.69) is 36.6 Å². The molecule has 1 aromatic heterocycles. The number of thiophene rings is 1. The summed E-state index contributed by atoms with van der Waals surface area (Å²) in [6.07, 6.45) is 0. The van der Waals surface area contributed by atoms with E-state index in [1.165, 1.54) is 18.4 Å². The van der Waals surface area contributed by atoms with Gasteiger partial charge in [0.2, 0.25) is 0 Å². The van der Waals surface area contributed by atoms with Crippen LogP contribution in [0.25, 0.3) is 0 Å². The van der Waals surface area contributed by atoms with Gasteiger partial charge >= 0.3 is 5.97 Å². The van der Waals surface area contributed by atoms with Crippen molar-refractivity contribution in [3.63, 3.8) is 0 Å². The van der Waals surface area contributed by atoms with Crippen LogP contribution >= 0.6 is 43.2 Å². The molecule has 72 valence electrons.